The Morgan fingerprint density at radius 2 is 0.500 bits per heavy atom. The first-order chi connectivity index (χ1) is 25.1. The highest BCUT2D eigenvalue weighted by Crippen LogP contribution is 2.86. The molecular weight excluding hydrogens is 641 g/mol. The highest BCUT2D eigenvalue weighted by Gasteiger charge is 2.96. The average Bonchev–Trinajstić information content (AvgIpc) is 4.01. The second kappa shape index (κ2) is 25.0. The van der Waals surface area contributed by atoms with Gasteiger partial charge in [-0.3, -0.25) is 0 Å². The van der Waals surface area contributed by atoms with Gasteiger partial charge in [0.05, 0.1) is 88.8 Å². The summed E-state index contributed by atoms with van der Waals surface area (Å²) in [5, 5.41) is 55.4. The summed E-state index contributed by atoms with van der Waals surface area (Å²) < 4.78 is 2.84. The maximum absolute atomic E-state index is 9.24. The Bertz CT molecular complexity index is 1060. The Hall–Kier alpha value is -3.14. The zero-order valence-electron chi connectivity index (χ0n) is 35.0. The third-order valence-electron chi connectivity index (χ3n) is 12.2. The molecule has 0 aromatic heterocycles. The molecule has 2 rings (SSSR count). The van der Waals surface area contributed by atoms with Crippen molar-refractivity contribution in [3.63, 3.8) is 0 Å². The molecule has 8 nitrogen and oxygen atoms in total. The van der Waals surface area contributed by atoms with E-state index in [1.807, 2.05) is 0 Å². The summed E-state index contributed by atoms with van der Waals surface area (Å²) in [4.78, 5) is 0. The van der Waals surface area contributed by atoms with Gasteiger partial charge >= 0.3 is 0 Å². The highest BCUT2D eigenvalue weighted by atomic mass is 15.4. The van der Waals surface area contributed by atoms with Gasteiger partial charge in [-0.15, -0.1) is 0 Å². The molecule has 0 N–H and O–H groups in total. The van der Waals surface area contributed by atoms with Crippen LogP contribution in [0.3, 0.4) is 0 Å². The van der Waals surface area contributed by atoms with Crippen LogP contribution >= 0.6 is 0 Å². The first-order valence-electron chi connectivity index (χ1n) is 21.2. The minimum Gasteiger partial charge on any atom is -0.324 e. The smallest absolute Gasteiger partial charge is 0.208 e. The molecule has 0 aliphatic heterocycles. The molecule has 2 saturated carbocycles. The van der Waals surface area contributed by atoms with Gasteiger partial charge in [0.2, 0.25) is 5.41 Å². The molecule has 0 heterocycles. The Balaban J connectivity index is 0.000000751. The molecule has 0 radical (unpaired) electrons. The standard InChI is InChI=1S/2C16H36N.C12H4N6/c2*1-5-9-13-17(14-10-6-2,15-11-7-3)16-12-8-4;13-3-10(4-14)9(1-2-9)11(5-15,6-16)12(10,7-17)8-18/h2*5-16H2,1-4H3;1-2H2/q2*+1;. The van der Waals surface area contributed by atoms with E-state index in [1.54, 1.807) is 36.4 Å². The molecule has 0 aromatic carbocycles. The zero-order valence-corrected chi connectivity index (χ0v) is 35.0. The molecule has 0 atom stereocenters. The van der Waals surface area contributed by atoms with Crippen LogP contribution in [0.4, 0.5) is 0 Å². The van der Waals surface area contributed by atoms with E-state index >= 15 is 0 Å². The van der Waals surface area contributed by atoms with Crippen LogP contribution in [0.1, 0.15) is 171 Å². The zero-order chi connectivity index (χ0) is 39.6. The number of rotatable bonds is 24. The van der Waals surface area contributed by atoms with E-state index in [0.29, 0.717) is 12.8 Å². The lowest BCUT2D eigenvalue weighted by Gasteiger charge is -2.58. The molecule has 2 fully saturated rings. The summed E-state index contributed by atoms with van der Waals surface area (Å²) >= 11 is 0. The normalized spacial score (nSPS) is 16.7. The van der Waals surface area contributed by atoms with Gasteiger partial charge in [0.25, 0.3) is 0 Å². The van der Waals surface area contributed by atoms with Crippen molar-refractivity contribution in [1.29, 1.82) is 31.6 Å². The quantitative estimate of drug-likeness (QED) is 0.0909. The van der Waals surface area contributed by atoms with Crippen LogP contribution in [0.15, 0.2) is 0 Å². The SMILES string of the molecule is CCCC[N+](CCCC)(CCCC)CCCC.CCCC[N+](CCCC)(CCCC)CCCC.N#CC1(C#N)C(C#N)(C#N)C2(CC2)C1(C#N)C#N. The molecule has 1 spiro atoms. The van der Waals surface area contributed by atoms with Crippen molar-refractivity contribution >= 4 is 0 Å². The molecule has 0 aromatic rings. The lowest BCUT2D eigenvalue weighted by molar-refractivity contribution is -0.929. The monoisotopic (exact) mass is 717 g/mol. The molecule has 0 bridgehead atoms. The van der Waals surface area contributed by atoms with Gasteiger partial charge in [-0.1, -0.05) is 107 Å². The Kier molecular flexibility index (Phi) is 23.5. The number of nitrogens with zero attached hydrogens (tertiary/aromatic N) is 8. The summed E-state index contributed by atoms with van der Waals surface area (Å²) in [6, 6.07) is 10.1. The molecule has 0 amide bonds. The predicted octanol–water partition coefficient (Wildman–Crippen LogP) is 10.9. The van der Waals surface area contributed by atoms with E-state index in [2.05, 4.69) is 55.4 Å². The number of hydrogen-bond acceptors (Lipinski definition) is 6. The van der Waals surface area contributed by atoms with E-state index in [0.717, 1.165) is 0 Å². The molecule has 0 unspecified atom stereocenters. The maximum Gasteiger partial charge on any atom is 0.208 e. The summed E-state index contributed by atoms with van der Waals surface area (Å²) in [5.41, 5.74) is -7.15. The van der Waals surface area contributed by atoms with Crippen LogP contribution < -0.4 is 0 Å². The van der Waals surface area contributed by atoms with Crippen LogP contribution in [-0.2, 0) is 0 Å². The second-order valence-electron chi connectivity index (χ2n) is 15.8. The molecule has 2 aliphatic rings. The summed E-state index contributed by atoms with van der Waals surface area (Å²) in [6.45, 7) is 30.0. The summed E-state index contributed by atoms with van der Waals surface area (Å²) in [7, 11) is 0. The van der Waals surface area contributed by atoms with Gasteiger partial charge in [0, 0.05) is 5.41 Å². The van der Waals surface area contributed by atoms with E-state index in [-0.39, 0.29) is 0 Å². The summed E-state index contributed by atoms with van der Waals surface area (Å²) in [5.74, 6) is 0. The van der Waals surface area contributed by atoms with Crippen LogP contribution in [0, 0.1) is 89.6 Å². The maximum atomic E-state index is 9.24. The van der Waals surface area contributed by atoms with Gasteiger partial charge in [0.15, 0.2) is 10.8 Å². The third kappa shape index (κ3) is 10.7. The molecule has 290 valence electrons. The fourth-order valence-corrected chi connectivity index (χ4v) is 8.56. The van der Waals surface area contributed by atoms with Gasteiger partial charge in [-0.05, 0) is 64.2 Å². The Labute approximate surface area is 321 Å². The van der Waals surface area contributed by atoms with Crippen LogP contribution in [-0.4, -0.2) is 61.3 Å². The van der Waals surface area contributed by atoms with E-state index in [1.165, 1.54) is 164 Å². The van der Waals surface area contributed by atoms with Crippen molar-refractivity contribution in [2.75, 3.05) is 52.4 Å². The average molecular weight is 717 g/mol. The minimum atomic E-state index is -2.20. The van der Waals surface area contributed by atoms with Gasteiger partial charge in [0.1, 0.15) is 0 Å². The van der Waals surface area contributed by atoms with Crippen LogP contribution in [0.5, 0.6) is 0 Å². The summed E-state index contributed by atoms with van der Waals surface area (Å²) in [6.07, 6.45) is 22.8. The first kappa shape index (κ1) is 48.9. The van der Waals surface area contributed by atoms with Crippen LogP contribution in [0.2, 0.25) is 0 Å². The predicted molar refractivity (Wildman–Crippen MR) is 211 cm³/mol. The van der Waals surface area contributed by atoms with Crippen molar-refractivity contribution in [3.8, 4) is 36.4 Å². The van der Waals surface area contributed by atoms with E-state index in [4.69, 9.17) is 0 Å². The van der Waals surface area contributed by atoms with Gasteiger partial charge < -0.3 is 8.97 Å². The largest absolute Gasteiger partial charge is 0.324 e. The van der Waals surface area contributed by atoms with Crippen molar-refractivity contribution < 1.29 is 8.97 Å². The highest BCUT2D eigenvalue weighted by molar-refractivity contribution is 5.61. The van der Waals surface area contributed by atoms with Crippen molar-refractivity contribution in [2.45, 2.75) is 171 Å². The second-order valence-corrected chi connectivity index (χ2v) is 15.8. The van der Waals surface area contributed by atoms with Crippen molar-refractivity contribution in [3.05, 3.63) is 0 Å². The fraction of sp³-hybridized carbons (Fsp3) is 0.864. The Morgan fingerprint density at radius 1 is 0.327 bits per heavy atom. The molecule has 0 saturated heterocycles. The number of nitriles is 6. The number of quaternary nitrogens is 2. The van der Waals surface area contributed by atoms with Crippen molar-refractivity contribution in [2.24, 2.45) is 21.7 Å². The van der Waals surface area contributed by atoms with E-state index < -0.39 is 21.7 Å². The molecule has 52 heavy (non-hydrogen) atoms. The van der Waals surface area contributed by atoms with Gasteiger partial charge in [-0.2, -0.15) is 31.6 Å². The lowest BCUT2D eigenvalue weighted by Crippen LogP contribution is -2.71. The van der Waals surface area contributed by atoms with Crippen molar-refractivity contribution in [1.82, 2.24) is 0 Å². The molecule has 8 heteroatoms. The fourth-order valence-electron chi connectivity index (χ4n) is 8.56. The molecule has 2 aliphatic carbocycles. The van der Waals surface area contributed by atoms with E-state index in [9.17, 15) is 31.6 Å². The first-order valence-corrected chi connectivity index (χ1v) is 21.2. The molecular formula is C44H76N8+2. The topological polar surface area (TPSA) is 143 Å². The minimum absolute atomic E-state index is 0.334. The number of hydrogen-bond donors (Lipinski definition) is 0. The Morgan fingerprint density at radius 3 is 0.615 bits per heavy atom. The third-order valence-corrected chi connectivity index (χ3v) is 12.2. The van der Waals surface area contributed by atoms with Gasteiger partial charge in [-0.25, -0.2) is 0 Å². The van der Waals surface area contributed by atoms with Crippen LogP contribution in [0.25, 0.3) is 0 Å². The number of unbranched alkanes of at least 4 members (excludes halogenated alkanes) is 8. The lowest BCUT2D eigenvalue weighted by atomic mass is 9.31.